The number of benzene rings is 2. The zero-order valence-corrected chi connectivity index (χ0v) is 18.8. The Hall–Kier alpha value is -2.62. The van der Waals surface area contributed by atoms with E-state index in [1.165, 1.54) is 11.1 Å². The van der Waals surface area contributed by atoms with Crippen molar-refractivity contribution < 1.29 is 14.7 Å². The molecule has 0 bridgehead atoms. The summed E-state index contributed by atoms with van der Waals surface area (Å²) in [4.78, 5) is 26.8. The maximum atomic E-state index is 13.6. The largest absolute Gasteiger partial charge is 0.478 e. The van der Waals surface area contributed by atoms with Crippen molar-refractivity contribution in [2.45, 2.75) is 70.6 Å². The molecule has 0 saturated carbocycles. The van der Waals surface area contributed by atoms with Gasteiger partial charge in [-0.3, -0.25) is 4.79 Å². The fraction of sp³-hybridized carbons (Fsp3) is 0.462. The lowest BCUT2D eigenvalue weighted by Gasteiger charge is -2.42. The Morgan fingerprint density at radius 3 is 1.97 bits per heavy atom. The smallest absolute Gasteiger partial charge is 0.335 e. The molecule has 0 atom stereocenters. The average molecular weight is 406 g/mol. The highest BCUT2D eigenvalue weighted by Crippen LogP contribution is 2.46. The molecular weight excluding hydrogens is 374 g/mol. The van der Waals surface area contributed by atoms with Crippen molar-refractivity contribution in [3.05, 3.63) is 64.2 Å². The van der Waals surface area contributed by atoms with Gasteiger partial charge in [-0.05, 0) is 70.7 Å². The second-order valence-electron chi connectivity index (χ2n) is 10.8. The third-order valence-corrected chi connectivity index (χ3v) is 7.16. The number of aromatic carboxylic acids is 1. The standard InChI is InChI=1S/C26H31NO3/c1-24(2)11-12-25(3,4)19-13-16(7-9-18(19)24)22(28)27-15-26(5,6)20-14-17(23(29)30)8-10-21(20)27/h7-10,13-14H,11-12,15H2,1-6H3,(H,29,30). The fourth-order valence-corrected chi connectivity index (χ4v) is 5.07. The van der Waals surface area contributed by atoms with Crippen LogP contribution in [0.25, 0.3) is 0 Å². The number of rotatable bonds is 2. The van der Waals surface area contributed by atoms with Crippen LogP contribution in [0.15, 0.2) is 36.4 Å². The van der Waals surface area contributed by atoms with Gasteiger partial charge in [0.2, 0.25) is 0 Å². The van der Waals surface area contributed by atoms with Crippen molar-refractivity contribution >= 4 is 17.6 Å². The van der Waals surface area contributed by atoms with Crippen LogP contribution in [0.2, 0.25) is 0 Å². The van der Waals surface area contributed by atoms with E-state index in [0.29, 0.717) is 12.1 Å². The zero-order chi connectivity index (χ0) is 22.1. The Balaban J connectivity index is 1.76. The Morgan fingerprint density at radius 1 is 0.767 bits per heavy atom. The van der Waals surface area contributed by atoms with Gasteiger partial charge in [0.1, 0.15) is 0 Å². The van der Waals surface area contributed by atoms with E-state index in [1.54, 1.807) is 18.2 Å². The third-order valence-electron chi connectivity index (χ3n) is 7.16. The van der Waals surface area contributed by atoms with Crippen molar-refractivity contribution in [2.24, 2.45) is 0 Å². The number of anilines is 1. The number of hydrogen-bond donors (Lipinski definition) is 1. The summed E-state index contributed by atoms with van der Waals surface area (Å²) in [5.74, 6) is -0.968. The first-order valence-electron chi connectivity index (χ1n) is 10.7. The van der Waals surface area contributed by atoms with Crippen molar-refractivity contribution in [3.8, 4) is 0 Å². The van der Waals surface area contributed by atoms with Gasteiger partial charge < -0.3 is 10.0 Å². The number of carbonyl (C=O) groups excluding carboxylic acids is 1. The molecule has 1 amide bonds. The maximum absolute atomic E-state index is 13.6. The predicted molar refractivity (Wildman–Crippen MR) is 120 cm³/mol. The second-order valence-corrected chi connectivity index (χ2v) is 10.8. The number of nitrogens with zero attached hydrogens (tertiary/aromatic N) is 1. The molecule has 1 N–H and O–H groups in total. The van der Waals surface area contributed by atoms with E-state index in [-0.39, 0.29) is 27.7 Å². The normalized spacial score (nSPS) is 20.4. The minimum atomic E-state index is -0.946. The van der Waals surface area contributed by atoms with Crippen LogP contribution in [-0.2, 0) is 16.2 Å². The van der Waals surface area contributed by atoms with Gasteiger partial charge in [0.25, 0.3) is 5.91 Å². The molecule has 4 nitrogen and oxygen atoms in total. The van der Waals surface area contributed by atoms with Crippen LogP contribution >= 0.6 is 0 Å². The van der Waals surface area contributed by atoms with E-state index in [0.717, 1.165) is 24.1 Å². The van der Waals surface area contributed by atoms with Gasteiger partial charge in [0.05, 0.1) is 5.56 Å². The molecule has 4 rings (SSSR count). The van der Waals surface area contributed by atoms with Gasteiger partial charge in [-0.1, -0.05) is 47.6 Å². The number of fused-ring (bicyclic) bond motifs is 2. The quantitative estimate of drug-likeness (QED) is 0.700. The lowest BCUT2D eigenvalue weighted by molar-refractivity contribution is 0.0696. The predicted octanol–water partition coefficient (Wildman–Crippen LogP) is 5.67. The van der Waals surface area contributed by atoms with Gasteiger partial charge in [-0.2, -0.15) is 0 Å². The monoisotopic (exact) mass is 405 g/mol. The summed E-state index contributed by atoms with van der Waals surface area (Å²) in [5.41, 5.74) is 5.14. The lowest BCUT2D eigenvalue weighted by atomic mass is 9.63. The lowest BCUT2D eigenvalue weighted by Crippen LogP contribution is -2.36. The first-order chi connectivity index (χ1) is 13.8. The fourth-order valence-electron chi connectivity index (χ4n) is 5.07. The molecule has 2 aliphatic rings. The number of amides is 1. The molecule has 30 heavy (non-hydrogen) atoms. The van der Waals surface area contributed by atoms with Crippen molar-refractivity contribution in [3.63, 3.8) is 0 Å². The molecule has 1 heterocycles. The van der Waals surface area contributed by atoms with E-state index >= 15 is 0 Å². The molecule has 4 heteroatoms. The summed E-state index contributed by atoms with van der Waals surface area (Å²) in [7, 11) is 0. The second kappa shape index (κ2) is 6.44. The first kappa shape index (κ1) is 20.6. The van der Waals surface area contributed by atoms with E-state index in [4.69, 9.17) is 0 Å². The van der Waals surface area contributed by atoms with Crippen molar-refractivity contribution in [2.75, 3.05) is 11.4 Å². The van der Waals surface area contributed by atoms with E-state index in [9.17, 15) is 14.7 Å². The molecule has 0 spiro atoms. The Labute approximate surface area is 178 Å². The molecule has 158 valence electrons. The van der Waals surface area contributed by atoms with Crippen LogP contribution in [-0.4, -0.2) is 23.5 Å². The number of carboxylic acids is 1. The topological polar surface area (TPSA) is 57.6 Å². The minimum Gasteiger partial charge on any atom is -0.478 e. The zero-order valence-electron chi connectivity index (χ0n) is 18.8. The van der Waals surface area contributed by atoms with Gasteiger partial charge in [-0.15, -0.1) is 0 Å². The molecule has 0 saturated heterocycles. The van der Waals surface area contributed by atoms with Crippen LogP contribution in [0.5, 0.6) is 0 Å². The number of carbonyl (C=O) groups is 2. The SMILES string of the molecule is CC1(C)CN(C(=O)c2ccc3c(c2)C(C)(C)CCC3(C)C)c2ccc(C(=O)O)cc21. The summed E-state index contributed by atoms with van der Waals surface area (Å²) >= 11 is 0. The summed E-state index contributed by atoms with van der Waals surface area (Å²) in [6.45, 7) is 13.7. The van der Waals surface area contributed by atoms with Gasteiger partial charge in [0.15, 0.2) is 0 Å². The highest BCUT2D eigenvalue weighted by atomic mass is 16.4. The van der Waals surface area contributed by atoms with Crippen LogP contribution < -0.4 is 4.90 Å². The van der Waals surface area contributed by atoms with Crippen molar-refractivity contribution in [1.29, 1.82) is 0 Å². The summed E-state index contributed by atoms with van der Waals surface area (Å²) in [6, 6.07) is 11.3. The number of carboxylic acid groups (broad SMARTS) is 1. The molecule has 0 radical (unpaired) electrons. The van der Waals surface area contributed by atoms with Gasteiger partial charge in [0, 0.05) is 23.2 Å². The third kappa shape index (κ3) is 3.13. The van der Waals surface area contributed by atoms with Crippen LogP contribution in [0.1, 0.15) is 91.8 Å². The van der Waals surface area contributed by atoms with Crippen molar-refractivity contribution in [1.82, 2.24) is 0 Å². The van der Waals surface area contributed by atoms with Gasteiger partial charge >= 0.3 is 5.97 Å². The molecule has 0 unspecified atom stereocenters. The average Bonchev–Trinajstić information content (AvgIpc) is 2.95. The Kier molecular flexibility index (Phi) is 4.43. The molecule has 1 aliphatic heterocycles. The highest BCUT2D eigenvalue weighted by molar-refractivity contribution is 6.08. The van der Waals surface area contributed by atoms with Crippen LogP contribution in [0.3, 0.4) is 0 Å². The van der Waals surface area contributed by atoms with E-state index < -0.39 is 5.97 Å². The molecule has 0 fully saturated rings. The van der Waals surface area contributed by atoms with E-state index in [1.807, 2.05) is 11.0 Å². The molecule has 0 aromatic heterocycles. The summed E-state index contributed by atoms with van der Waals surface area (Å²) in [6.07, 6.45) is 2.24. The summed E-state index contributed by atoms with van der Waals surface area (Å²) < 4.78 is 0. The molecular formula is C26H31NO3. The minimum absolute atomic E-state index is 0.0214. The maximum Gasteiger partial charge on any atom is 0.335 e. The highest BCUT2D eigenvalue weighted by Gasteiger charge is 2.40. The van der Waals surface area contributed by atoms with Gasteiger partial charge in [-0.25, -0.2) is 4.79 Å². The van der Waals surface area contributed by atoms with Crippen LogP contribution in [0.4, 0.5) is 5.69 Å². The molecule has 2 aromatic rings. The van der Waals surface area contributed by atoms with Crippen LogP contribution in [0, 0.1) is 0 Å². The van der Waals surface area contributed by atoms with E-state index in [2.05, 4.69) is 53.7 Å². The first-order valence-corrected chi connectivity index (χ1v) is 10.7. The Morgan fingerprint density at radius 2 is 1.33 bits per heavy atom. The Bertz CT molecular complexity index is 1060. The summed E-state index contributed by atoms with van der Waals surface area (Å²) in [5, 5.41) is 9.36. The number of hydrogen-bond acceptors (Lipinski definition) is 2. The molecule has 2 aromatic carbocycles. The molecule has 1 aliphatic carbocycles.